The highest BCUT2D eigenvalue weighted by molar-refractivity contribution is 7.91. The first-order valence-electron chi connectivity index (χ1n) is 5.91. The van der Waals surface area contributed by atoms with Crippen LogP contribution < -0.4 is 10.0 Å². The van der Waals surface area contributed by atoms with Gasteiger partial charge in [-0.15, -0.1) is 0 Å². The maximum atomic E-state index is 12.0. The Kier molecular flexibility index (Phi) is 4.06. The lowest BCUT2D eigenvalue weighted by atomic mass is 10.2. The van der Waals surface area contributed by atoms with Crippen LogP contribution in [0, 0.1) is 0 Å². The second kappa shape index (κ2) is 5.75. The Hall–Kier alpha value is -2.01. The van der Waals surface area contributed by atoms with E-state index in [0.29, 0.717) is 5.69 Å². The molecule has 0 aliphatic rings. The van der Waals surface area contributed by atoms with Crippen LogP contribution in [0.15, 0.2) is 54.6 Å². The highest BCUT2D eigenvalue weighted by Crippen LogP contribution is 2.15. The Morgan fingerprint density at radius 3 is 2.05 bits per heavy atom. The Labute approximate surface area is 113 Å². The molecule has 0 aliphatic carbocycles. The molecule has 19 heavy (non-hydrogen) atoms. The molecule has 0 aliphatic heterocycles. The van der Waals surface area contributed by atoms with E-state index < -0.39 is 10.0 Å². The number of hydrogen-bond acceptors (Lipinski definition) is 3. The van der Waals surface area contributed by atoms with Gasteiger partial charge < -0.3 is 5.32 Å². The van der Waals surface area contributed by atoms with Crippen molar-refractivity contribution in [2.24, 2.45) is 0 Å². The fourth-order valence-electron chi connectivity index (χ4n) is 1.71. The lowest BCUT2D eigenvalue weighted by molar-refractivity contribution is 0.600. The van der Waals surface area contributed by atoms with E-state index in [9.17, 15) is 8.42 Å². The van der Waals surface area contributed by atoms with Crippen LogP contribution >= 0.6 is 0 Å². The quantitative estimate of drug-likeness (QED) is 0.882. The van der Waals surface area contributed by atoms with Crippen molar-refractivity contribution in [1.82, 2.24) is 0 Å². The van der Waals surface area contributed by atoms with Crippen LogP contribution in [0.5, 0.6) is 0 Å². The van der Waals surface area contributed by atoms with Gasteiger partial charge in [-0.2, -0.15) is 0 Å². The van der Waals surface area contributed by atoms with Gasteiger partial charge in [-0.25, -0.2) is 8.42 Å². The molecular formula is C14H16N2O2S. The molecule has 100 valence electrons. The SMILES string of the molecule is CNc1ccc(NS(=O)(=O)Cc2ccccc2)cc1. The molecule has 5 heteroatoms. The molecule has 0 unspecified atom stereocenters. The molecule has 0 atom stereocenters. The van der Waals surface area contributed by atoms with E-state index in [0.717, 1.165) is 11.3 Å². The van der Waals surface area contributed by atoms with Gasteiger partial charge in [0, 0.05) is 18.4 Å². The van der Waals surface area contributed by atoms with Crippen LogP contribution in [0.1, 0.15) is 5.56 Å². The Bertz CT molecular complexity index is 622. The third-order valence-corrected chi connectivity index (χ3v) is 3.91. The predicted octanol–water partition coefficient (Wildman–Crippen LogP) is 2.67. The minimum Gasteiger partial charge on any atom is -0.388 e. The minimum absolute atomic E-state index is 0.0262. The smallest absolute Gasteiger partial charge is 0.236 e. The van der Waals surface area contributed by atoms with Crippen LogP contribution in [0.2, 0.25) is 0 Å². The molecule has 2 aromatic rings. The number of hydrogen-bond donors (Lipinski definition) is 2. The van der Waals surface area contributed by atoms with E-state index in [1.165, 1.54) is 0 Å². The molecule has 0 radical (unpaired) electrons. The summed E-state index contributed by atoms with van der Waals surface area (Å²) in [6.07, 6.45) is 0. The molecule has 0 fully saturated rings. The van der Waals surface area contributed by atoms with Crippen molar-refractivity contribution in [3.8, 4) is 0 Å². The molecule has 0 heterocycles. The second-order valence-corrected chi connectivity index (χ2v) is 5.90. The topological polar surface area (TPSA) is 58.2 Å². The van der Waals surface area contributed by atoms with Gasteiger partial charge >= 0.3 is 0 Å². The van der Waals surface area contributed by atoms with E-state index in [-0.39, 0.29) is 5.75 Å². The standard InChI is InChI=1S/C14H16N2O2S/c1-15-13-7-9-14(10-8-13)16-19(17,18)11-12-5-3-2-4-6-12/h2-10,15-16H,11H2,1H3. The van der Waals surface area contributed by atoms with E-state index in [2.05, 4.69) is 10.0 Å². The molecule has 0 saturated heterocycles. The number of sulfonamides is 1. The molecule has 2 aromatic carbocycles. The van der Waals surface area contributed by atoms with Crippen molar-refractivity contribution >= 4 is 21.4 Å². The van der Waals surface area contributed by atoms with Crippen molar-refractivity contribution in [2.75, 3.05) is 17.1 Å². The van der Waals surface area contributed by atoms with Crippen molar-refractivity contribution < 1.29 is 8.42 Å². The van der Waals surface area contributed by atoms with E-state index >= 15 is 0 Å². The van der Waals surface area contributed by atoms with Crippen molar-refractivity contribution in [1.29, 1.82) is 0 Å². The summed E-state index contributed by atoms with van der Waals surface area (Å²) in [5, 5.41) is 2.98. The molecule has 4 nitrogen and oxygen atoms in total. The monoisotopic (exact) mass is 276 g/mol. The molecule has 0 saturated carbocycles. The third kappa shape index (κ3) is 3.99. The first-order chi connectivity index (χ1) is 9.09. The van der Waals surface area contributed by atoms with Crippen molar-refractivity contribution in [2.45, 2.75) is 5.75 Å². The van der Waals surface area contributed by atoms with Gasteiger partial charge in [0.05, 0.1) is 5.75 Å². The summed E-state index contributed by atoms with van der Waals surface area (Å²) in [7, 11) is -1.56. The van der Waals surface area contributed by atoms with Gasteiger partial charge in [0.2, 0.25) is 10.0 Å². The third-order valence-electron chi connectivity index (χ3n) is 2.65. The highest BCUT2D eigenvalue weighted by atomic mass is 32.2. The average molecular weight is 276 g/mol. The van der Waals surface area contributed by atoms with Crippen LogP contribution in [0.3, 0.4) is 0 Å². The molecule has 0 spiro atoms. The Balaban J connectivity index is 2.08. The lowest BCUT2D eigenvalue weighted by Gasteiger charge is -2.08. The summed E-state index contributed by atoms with van der Waals surface area (Å²) in [6.45, 7) is 0. The predicted molar refractivity (Wildman–Crippen MR) is 78.7 cm³/mol. The summed E-state index contributed by atoms with van der Waals surface area (Å²) in [5.74, 6) is -0.0262. The minimum atomic E-state index is -3.38. The molecule has 2 N–H and O–H groups in total. The van der Waals surface area contributed by atoms with Gasteiger partial charge in [0.15, 0.2) is 0 Å². The van der Waals surface area contributed by atoms with Crippen molar-refractivity contribution in [3.05, 3.63) is 60.2 Å². The first-order valence-corrected chi connectivity index (χ1v) is 7.56. The van der Waals surface area contributed by atoms with Gasteiger partial charge in [-0.05, 0) is 29.8 Å². The van der Waals surface area contributed by atoms with Gasteiger partial charge in [0.25, 0.3) is 0 Å². The van der Waals surface area contributed by atoms with E-state index in [4.69, 9.17) is 0 Å². The Morgan fingerprint density at radius 2 is 1.47 bits per heavy atom. The fraction of sp³-hybridized carbons (Fsp3) is 0.143. The van der Waals surface area contributed by atoms with Crippen LogP contribution in [0.25, 0.3) is 0 Å². The zero-order valence-corrected chi connectivity index (χ0v) is 11.4. The van der Waals surface area contributed by atoms with Gasteiger partial charge in [-0.3, -0.25) is 4.72 Å². The summed E-state index contributed by atoms with van der Waals surface area (Å²) in [6, 6.07) is 16.2. The van der Waals surface area contributed by atoms with Gasteiger partial charge in [0.1, 0.15) is 0 Å². The first kappa shape index (κ1) is 13.4. The van der Waals surface area contributed by atoms with Crippen LogP contribution in [0.4, 0.5) is 11.4 Å². The zero-order valence-electron chi connectivity index (χ0n) is 10.6. The lowest BCUT2D eigenvalue weighted by Crippen LogP contribution is -2.14. The summed E-state index contributed by atoms with van der Waals surface area (Å²) in [4.78, 5) is 0. The summed E-state index contributed by atoms with van der Waals surface area (Å²) < 4.78 is 26.6. The largest absolute Gasteiger partial charge is 0.388 e. The van der Waals surface area contributed by atoms with Crippen LogP contribution in [-0.2, 0) is 15.8 Å². The number of benzene rings is 2. The molecule has 0 aromatic heterocycles. The van der Waals surface area contributed by atoms with Crippen LogP contribution in [-0.4, -0.2) is 15.5 Å². The van der Waals surface area contributed by atoms with Crippen molar-refractivity contribution in [3.63, 3.8) is 0 Å². The fourth-order valence-corrected chi connectivity index (χ4v) is 2.91. The van der Waals surface area contributed by atoms with E-state index in [1.54, 1.807) is 24.3 Å². The normalized spacial score (nSPS) is 11.0. The maximum Gasteiger partial charge on any atom is 0.236 e. The average Bonchev–Trinajstić information content (AvgIpc) is 2.39. The highest BCUT2D eigenvalue weighted by Gasteiger charge is 2.11. The van der Waals surface area contributed by atoms with Gasteiger partial charge in [-0.1, -0.05) is 30.3 Å². The molecule has 2 rings (SSSR count). The molecule has 0 bridgehead atoms. The molecular weight excluding hydrogens is 260 g/mol. The zero-order chi connectivity index (χ0) is 13.7. The molecule has 0 amide bonds. The Morgan fingerprint density at radius 1 is 0.895 bits per heavy atom. The number of anilines is 2. The number of nitrogens with one attached hydrogen (secondary N) is 2. The summed E-state index contributed by atoms with van der Waals surface area (Å²) in [5.41, 5.74) is 2.27. The summed E-state index contributed by atoms with van der Waals surface area (Å²) >= 11 is 0. The maximum absolute atomic E-state index is 12.0. The number of rotatable bonds is 5. The van der Waals surface area contributed by atoms with E-state index in [1.807, 2.05) is 37.4 Å². The second-order valence-electron chi connectivity index (χ2n) is 4.17.